The van der Waals surface area contributed by atoms with Gasteiger partial charge in [-0.3, -0.25) is 19.5 Å². The van der Waals surface area contributed by atoms with Crippen molar-refractivity contribution in [3.05, 3.63) is 76.1 Å². The largest absolute Gasteiger partial charge is 0.507 e. The van der Waals surface area contributed by atoms with Crippen molar-refractivity contribution >= 4 is 39.9 Å². The van der Waals surface area contributed by atoms with Gasteiger partial charge in [-0.05, 0) is 43.2 Å². The van der Waals surface area contributed by atoms with Crippen molar-refractivity contribution < 1.29 is 29.0 Å². The lowest BCUT2D eigenvalue weighted by atomic mass is 9.95. The number of esters is 1. The average Bonchev–Trinajstić information content (AvgIpc) is 3.45. The van der Waals surface area contributed by atoms with Gasteiger partial charge in [0.1, 0.15) is 16.4 Å². The monoisotopic (exact) mass is 535 g/mol. The summed E-state index contributed by atoms with van der Waals surface area (Å²) in [5.41, 5.74) is 1.21. The van der Waals surface area contributed by atoms with Crippen molar-refractivity contribution in [3.63, 3.8) is 0 Å². The number of hydrogen-bond donors (Lipinski definition) is 1. The topological polar surface area (TPSA) is 119 Å². The van der Waals surface area contributed by atoms with E-state index in [1.807, 2.05) is 0 Å². The molecule has 10 heteroatoms. The van der Waals surface area contributed by atoms with Crippen LogP contribution in [0, 0.1) is 6.92 Å². The summed E-state index contributed by atoms with van der Waals surface area (Å²) in [5, 5.41) is 11.3. The molecule has 38 heavy (non-hydrogen) atoms. The molecule has 0 spiro atoms. The number of aliphatic hydroxyl groups is 1. The zero-order valence-corrected chi connectivity index (χ0v) is 22.3. The number of anilines is 1. The first-order valence-corrected chi connectivity index (χ1v) is 13.2. The Labute approximate surface area is 224 Å². The molecule has 1 amide bonds. The Morgan fingerprint density at radius 2 is 1.79 bits per heavy atom. The molecule has 0 saturated carbocycles. The number of unbranched alkanes of at least 4 members (excludes halogenated alkanes) is 3. The quantitative estimate of drug-likeness (QED) is 0.123. The summed E-state index contributed by atoms with van der Waals surface area (Å²) in [6, 6.07) is 9.19. The molecular formula is C28H29N3O6S. The van der Waals surface area contributed by atoms with Crippen LogP contribution >= 0.6 is 11.3 Å². The van der Waals surface area contributed by atoms with Crippen LogP contribution in [0.1, 0.15) is 65.1 Å². The fourth-order valence-corrected chi connectivity index (χ4v) is 5.25. The van der Waals surface area contributed by atoms with Crippen LogP contribution in [0.15, 0.2) is 54.4 Å². The standard InChI is InChI=1S/C28H29N3O6S/c1-4-5-6-7-16-37-20-10-8-18(9-11-20)22-21(23(32)19-12-14-29-15-13-19)24(33)26(34)31(22)28-30-17(2)25(38-28)27(35)36-3/h8-15,22,32H,4-7,16H2,1-3H3/b23-21+. The number of thiazole rings is 1. The molecule has 198 valence electrons. The Bertz CT molecular complexity index is 1350. The van der Waals surface area contributed by atoms with Gasteiger partial charge in [-0.1, -0.05) is 49.7 Å². The van der Waals surface area contributed by atoms with Gasteiger partial charge in [0.15, 0.2) is 5.13 Å². The summed E-state index contributed by atoms with van der Waals surface area (Å²) in [6.45, 7) is 4.37. The molecule has 1 N–H and O–H groups in total. The lowest BCUT2D eigenvalue weighted by molar-refractivity contribution is -0.132. The van der Waals surface area contributed by atoms with Crippen LogP contribution in [-0.4, -0.2) is 46.5 Å². The highest BCUT2D eigenvalue weighted by Crippen LogP contribution is 2.44. The van der Waals surface area contributed by atoms with Gasteiger partial charge in [0.2, 0.25) is 0 Å². The first-order valence-electron chi connectivity index (χ1n) is 12.4. The predicted molar refractivity (Wildman–Crippen MR) is 143 cm³/mol. The molecular weight excluding hydrogens is 506 g/mol. The number of aryl methyl sites for hydroxylation is 1. The summed E-state index contributed by atoms with van der Waals surface area (Å²) < 4.78 is 10.7. The van der Waals surface area contributed by atoms with E-state index < -0.39 is 23.7 Å². The molecule has 1 fully saturated rings. The summed E-state index contributed by atoms with van der Waals surface area (Å²) in [6.07, 6.45) is 7.32. The van der Waals surface area contributed by atoms with Gasteiger partial charge in [0.25, 0.3) is 5.78 Å². The van der Waals surface area contributed by atoms with Crippen LogP contribution in [0.25, 0.3) is 5.76 Å². The zero-order chi connectivity index (χ0) is 27.2. The molecule has 4 rings (SSSR count). The van der Waals surface area contributed by atoms with E-state index in [1.165, 1.54) is 24.4 Å². The third-order valence-electron chi connectivity index (χ3n) is 6.22. The highest BCUT2D eigenvalue weighted by Gasteiger charge is 2.48. The van der Waals surface area contributed by atoms with Crippen LogP contribution in [0.2, 0.25) is 0 Å². The smallest absolute Gasteiger partial charge is 0.350 e. The minimum absolute atomic E-state index is 0.0816. The van der Waals surface area contributed by atoms with Crippen LogP contribution < -0.4 is 9.64 Å². The molecule has 9 nitrogen and oxygen atoms in total. The maximum absolute atomic E-state index is 13.3. The van der Waals surface area contributed by atoms with Crippen molar-refractivity contribution in [2.75, 3.05) is 18.6 Å². The average molecular weight is 536 g/mol. The van der Waals surface area contributed by atoms with Gasteiger partial charge in [0.05, 0.1) is 31.0 Å². The molecule has 1 atom stereocenters. The van der Waals surface area contributed by atoms with Gasteiger partial charge in [-0.25, -0.2) is 9.78 Å². The van der Waals surface area contributed by atoms with Crippen LogP contribution in [0.5, 0.6) is 5.75 Å². The molecule has 0 bridgehead atoms. The number of pyridine rings is 1. The van der Waals surface area contributed by atoms with Crippen molar-refractivity contribution in [1.29, 1.82) is 0 Å². The number of rotatable bonds is 10. The Kier molecular flexibility index (Phi) is 8.52. The number of carbonyl (C=O) groups excluding carboxylic acids is 3. The maximum Gasteiger partial charge on any atom is 0.350 e. The number of nitrogens with zero attached hydrogens (tertiary/aromatic N) is 3. The van der Waals surface area contributed by atoms with Crippen molar-refractivity contribution in [3.8, 4) is 5.75 Å². The number of hydrogen-bond acceptors (Lipinski definition) is 9. The summed E-state index contributed by atoms with van der Waals surface area (Å²) >= 11 is 0.952. The van der Waals surface area contributed by atoms with Gasteiger partial charge in [0, 0.05) is 18.0 Å². The summed E-state index contributed by atoms with van der Waals surface area (Å²) in [7, 11) is 1.26. The van der Waals surface area contributed by atoms with E-state index in [0.29, 0.717) is 29.2 Å². The Balaban J connectivity index is 1.75. The van der Waals surface area contributed by atoms with Crippen LogP contribution in [-0.2, 0) is 14.3 Å². The van der Waals surface area contributed by atoms with Gasteiger partial charge in [-0.15, -0.1) is 0 Å². The zero-order valence-electron chi connectivity index (χ0n) is 21.5. The van der Waals surface area contributed by atoms with Crippen molar-refractivity contribution in [1.82, 2.24) is 9.97 Å². The van der Waals surface area contributed by atoms with E-state index in [1.54, 1.807) is 43.3 Å². The first-order chi connectivity index (χ1) is 18.4. The SMILES string of the molecule is CCCCCCOc1ccc(C2/C(=C(\O)c3ccncc3)C(=O)C(=O)N2c2nc(C)c(C(=O)OC)s2)cc1. The number of aliphatic hydroxyl groups excluding tert-OH is 1. The molecule has 0 radical (unpaired) electrons. The van der Waals surface area contributed by atoms with Gasteiger partial charge in [-0.2, -0.15) is 0 Å². The van der Waals surface area contributed by atoms with Gasteiger partial charge >= 0.3 is 11.9 Å². The molecule has 1 saturated heterocycles. The molecule has 1 aliphatic heterocycles. The highest BCUT2D eigenvalue weighted by molar-refractivity contribution is 7.17. The predicted octanol–water partition coefficient (Wildman–Crippen LogP) is 5.22. The third-order valence-corrected chi connectivity index (χ3v) is 7.36. The van der Waals surface area contributed by atoms with Crippen LogP contribution in [0.3, 0.4) is 0 Å². The van der Waals surface area contributed by atoms with E-state index in [-0.39, 0.29) is 21.3 Å². The normalized spacial score (nSPS) is 16.6. The van der Waals surface area contributed by atoms with E-state index in [0.717, 1.165) is 37.0 Å². The number of carbonyl (C=O) groups is 3. The van der Waals surface area contributed by atoms with Crippen molar-refractivity contribution in [2.45, 2.75) is 45.6 Å². The lowest BCUT2D eigenvalue weighted by Crippen LogP contribution is -2.29. The number of ether oxygens (including phenoxy) is 2. The lowest BCUT2D eigenvalue weighted by Gasteiger charge is -2.23. The van der Waals surface area contributed by atoms with E-state index in [2.05, 4.69) is 16.9 Å². The highest BCUT2D eigenvalue weighted by atomic mass is 32.1. The van der Waals surface area contributed by atoms with E-state index >= 15 is 0 Å². The summed E-state index contributed by atoms with van der Waals surface area (Å²) in [5.74, 6) is -1.96. The van der Waals surface area contributed by atoms with E-state index in [9.17, 15) is 19.5 Å². The van der Waals surface area contributed by atoms with Crippen LogP contribution in [0.4, 0.5) is 5.13 Å². The number of aromatic nitrogens is 2. The Morgan fingerprint density at radius 1 is 1.08 bits per heavy atom. The minimum Gasteiger partial charge on any atom is -0.507 e. The fraction of sp³-hybridized carbons (Fsp3) is 0.321. The molecule has 0 aliphatic carbocycles. The molecule has 1 aliphatic rings. The Hall–Kier alpha value is -4.05. The fourth-order valence-electron chi connectivity index (χ4n) is 4.24. The van der Waals surface area contributed by atoms with E-state index in [4.69, 9.17) is 9.47 Å². The number of methoxy groups -OCH3 is 1. The number of amides is 1. The first kappa shape index (κ1) is 27.0. The molecule has 3 aromatic rings. The molecule has 1 unspecified atom stereocenters. The molecule has 1 aromatic carbocycles. The maximum atomic E-state index is 13.3. The van der Waals surface area contributed by atoms with Gasteiger partial charge < -0.3 is 14.6 Å². The minimum atomic E-state index is -0.974. The third kappa shape index (κ3) is 5.45. The number of ketones is 1. The second-order valence-electron chi connectivity index (χ2n) is 8.79. The molecule has 3 heterocycles. The Morgan fingerprint density at radius 3 is 2.45 bits per heavy atom. The number of Topliss-reactive ketones (excluding diaryl/α,β-unsaturated/α-hetero) is 1. The van der Waals surface area contributed by atoms with Crippen molar-refractivity contribution in [2.24, 2.45) is 0 Å². The number of benzene rings is 1. The molecule has 2 aromatic heterocycles. The summed E-state index contributed by atoms with van der Waals surface area (Å²) in [4.78, 5) is 48.6. The second kappa shape index (κ2) is 12.0. The second-order valence-corrected chi connectivity index (χ2v) is 9.76.